The SMILES string of the molecule is CC(O)(c1cncc(N2N=CC3CCCCC32)c1)C(F)(F)F. The van der Waals surface area contributed by atoms with E-state index in [1.165, 1.54) is 12.3 Å². The molecule has 4 nitrogen and oxygen atoms in total. The maximum atomic E-state index is 13.0. The number of pyridine rings is 1. The van der Waals surface area contributed by atoms with Gasteiger partial charge in [0.2, 0.25) is 0 Å². The minimum atomic E-state index is -4.76. The Morgan fingerprint density at radius 3 is 2.68 bits per heavy atom. The quantitative estimate of drug-likeness (QED) is 0.912. The predicted octanol–water partition coefficient (Wildman–Crippen LogP) is 3.22. The molecule has 3 unspecified atom stereocenters. The first-order valence-corrected chi connectivity index (χ1v) is 7.38. The van der Waals surface area contributed by atoms with Crippen molar-refractivity contribution in [2.24, 2.45) is 11.0 Å². The number of hydrazone groups is 1. The van der Waals surface area contributed by atoms with E-state index in [0.29, 0.717) is 11.6 Å². The van der Waals surface area contributed by atoms with Gasteiger partial charge in [0.05, 0.1) is 17.9 Å². The van der Waals surface area contributed by atoms with E-state index >= 15 is 0 Å². The zero-order chi connectivity index (χ0) is 16.0. The highest BCUT2D eigenvalue weighted by atomic mass is 19.4. The van der Waals surface area contributed by atoms with Gasteiger partial charge in [-0.1, -0.05) is 12.8 Å². The molecule has 120 valence electrons. The fourth-order valence-electron chi connectivity index (χ4n) is 3.10. The second kappa shape index (κ2) is 5.22. The molecule has 1 aromatic rings. The molecular weight excluding hydrogens is 295 g/mol. The Kier molecular flexibility index (Phi) is 3.63. The van der Waals surface area contributed by atoms with Gasteiger partial charge in [-0.3, -0.25) is 9.99 Å². The summed E-state index contributed by atoms with van der Waals surface area (Å²) < 4.78 is 38.9. The summed E-state index contributed by atoms with van der Waals surface area (Å²) in [6.07, 6.45) is 3.92. The Balaban J connectivity index is 1.91. The van der Waals surface area contributed by atoms with Gasteiger partial charge in [0.1, 0.15) is 0 Å². The molecule has 0 amide bonds. The van der Waals surface area contributed by atoms with Crippen LogP contribution >= 0.6 is 0 Å². The van der Waals surface area contributed by atoms with Crippen LogP contribution in [-0.2, 0) is 5.60 Å². The molecular formula is C15H18F3N3O. The monoisotopic (exact) mass is 313 g/mol. The molecule has 0 radical (unpaired) electrons. The summed E-state index contributed by atoms with van der Waals surface area (Å²) in [5.41, 5.74) is -2.70. The van der Waals surface area contributed by atoms with E-state index in [-0.39, 0.29) is 11.6 Å². The van der Waals surface area contributed by atoms with Crippen molar-refractivity contribution in [1.82, 2.24) is 4.98 Å². The third kappa shape index (κ3) is 2.47. The first-order valence-electron chi connectivity index (χ1n) is 7.38. The van der Waals surface area contributed by atoms with Crippen molar-refractivity contribution in [2.45, 2.75) is 50.4 Å². The van der Waals surface area contributed by atoms with E-state index in [0.717, 1.165) is 38.8 Å². The summed E-state index contributed by atoms with van der Waals surface area (Å²) in [6.45, 7) is 0.741. The van der Waals surface area contributed by atoms with Crippen molar-refractivity contribution in [3.05, 3.63) is 24.0 Å². The molecule has 1 aliphatic carbocycles. The molecule has 2 aliphatic rings. The lowest BCUT2D eigenvalue weighted by Crippen LogP contribution is -2.39. The topological polar surface area (TPSA) is 48.7 Å². The van der Waals surface area contributed by atoms with Crippen LogP contribution in [0, 0.1) is 5.92 Å². The Labute approximate surface area is 126 Å². The number of alkyl halides is 3. The Morgan fingerprint density at radius 2 is 1.95 bits per heavy atom. The van der Waals surface area contributed by atoms with Crippen molar-refractivity contribution >= 4 is 11.9 Å². The van der Waals surface area contributed by atoms with Gasteiger partial charge in [0.15, 0.2) is 5.60 Å². The lowest BCUT2D eigenvalue weighted by atomic mass is 9.86. The van der Waals surface area contributed by atoms with Crippen LogP contribution in [0.4, 0.5) is 18.9 Å². The van der Waals surface area contributed by atoms with Crippen LogP contribution in [-0.4, -0.2) is 28.5 Å². The number of aliphatic hydroxyl groups is 1. The summed E-state index contributed by atoms with van der Waals surface area (Å²) in [7, 11) is 0. The summed E-state index contributed by atoms with van der Waals surface area (Å²) in [5.74, 6) is 0.348. The third-order valence-electron chi connectivity index (χ3n) is 4.58. The average Bonchev–Trinajstić information content (AvgIpc) is 2.90. The van der Waals surface area contributed by atoms with E-state index in [1.807, 2.05) is 6.21 Å². The molecule has 3 rings (SSSR count). The van der Waals surface area contributed by atoms with E-state index in [4.69, 9.17) is 0 Å². The van der Waals surface area contributed by atoms with Gasteiger partial charge < -0.3 is 5.11 Å². The highest BCUT2D eigenvalue weighted by Gasteiger charge is 2.51. The van der Waals surface area contributed by atoms with Crippen LogP contribution in [0.1, 0.15) is 38.2 Å². The van der Waals surface area contributed by atoms with Crippen LogP contribution in [0.2, 0.25) is 0 Å². The van der Waals surface area contributed by atoms with Gasteiger partial charge in [0.25, 0.3) is 0 Å². The summed E-state index contributed by atoms with van der Waals surface area (Å²) in [5, 5.41) is 15.9. The number of fused-ring (bicyclic) bond motifs is 1. The van der Waals surface area contributed by atoms with Gasteiger partial charge >= 0.3 is 6.18 Å². The number of anilines is 1. The molecule has 2 heterocycles. The molecule has 1 aliphatic heterocycles. The van der Waals surface area contributed by atoms with Crippen LogP contribution in [0.15, 0.2) is 23.6 Å². The van der Waals surface area contributed by atoms with Crippen molar-refractivity contribution in [3.63, 3.8) is 0 Å². The number of rotatable bonds is 2. The third-order valence-corrected chi connectivity index (χ3v) is 4.58. The van der Waals surface area contributed by atoms with Crippen LogP contribution in [0.3, 0.4) is 0 Å². The van der Waals surface area contributed by atoms with Crippen molar-refractivity contribution in [2.75, 3.05) is 5.01 Å². The predicted molar refractivity (Wildman–Crippen MR) is 76.6 cm³/mol. The lowest BCUT2D eigenvalue weighted by Gasteiger charge is -2.32. The van der Waals surface area contributed by atoms with Crippen molar-refractivity contribution in [3.8, 4) is 0 Å². The van der Waals surface area contributed by atoms with E-state index in [1.54, 1.807) is 5.01 Å². The van der Waals surface area contributed by atoms with Crippen LogP contribution < -0.4 is 5.01 Å². The molecule has 0 aromatic carbocycles. The Bertz CT molecular complexity index is 586. The van der Waals surface area contributed by atoms with Crippen molar-refractivity contribution < 1.29 is 18.3 Å². The van der Waals surface area contributed by atoms with Crippen LogP contribution in [0.5, 0.6) is 0 Å². The fraction of sp³-hybridized carbons (Fsp3) is 0.600. The smallest absolute Gasteiger partial charge is 0.376 e. The highest BCUT2D eigenvalue weighted by Crippen LogP contribution is 2.40. The molecule has 1 saturated carbocycles. The molecule has 1 N–H and O–H groups in total. The molecule has 0 saturated heterocycles. The maximum Gasteiger partial charge on any atom is 0.421 e. The van der Waals surface area contributed by atoms with Gasteiger partial charge in [0, 0.05) is 23.9 Å². The van der Waals surface area contributed by atoms with Gasteiger partial charge in [-0.2, -0.15) is 18.3 Å². The van der Waals surface area contributed by atoms with E-state index in [9.17, 15) is 18.3 Å². The average molecular weight is 313 g/mol. The van der Waals surface area contributed by atoms with Gasteiger partial charge in [-0.25, -0.2) is 0 Å². The summed E-state index contributed by atoms with van der Waals surface area (Å²) in [6, 6.07) is 1.51. The first-order chi connectivity index (χ1) is 10.3. The number of halogens is 3. The molecule has 1 fully saturated rings. The highest BCUT2D eigenvalue weighted by molar-refractivity contribution is 5.70. The maximum absolute atomic E-state index is 13.0. The molecule has 0 spiro atoms. The van der Waals surface area contributed by atoms with Crippen molar-refractivity contribution in [1.29, 1.82) is 0 Å². The minimum absolute atomic E-state index is 0.182. The number of hydrogen-bond donors (Lipinski definition) is 1. The Hall–Kier alpha value is -1.63. The zero-order valence-electron chi connectivity index (χ0n) is 12.2. The largest absolute Gasteiger partial charge is 0.421 e. The Morgan fingerprint density at radius 1 is 1.23 bits per heavy atom. The molecule has 7 heteroatoms. The van der Waals surface area contributed by atoms with E-state index < -0.39 is 11.8 Å². The molecule has 22 heavy (non-hydrogen) atoms. The normalized spacial score (nSPS) is 27.6. The molecule has 3 atom stereocenters. The van der Waals surface area contributed by atoms with E-state index in [2.05, 4.69) is 10.1 Å². The number of hydrogen-bond acceptors (Lipinski definition) is 4. The first kappa shape index (κ1) is 15.3. The summed E-state index contributed by atoms with van der Waals surface area (Å²) in [4.78, 5) is 3.87. The van der Waals surface area contributed by atoms with Gasteiger partial charge in [-0.15, -0.1) is 0 Å². The number of aromatic nitrogens is 1. The zero-order valence-corrected chi connectivity index (χ0v) is 12.2. The molecule has 0 bridgehead atoms. The van der Waals surface area contributed by atoms with Crippen LogP contribution in [0.25, 0.3) is 0 Å². The number of nitrogens with zero attached hydrogens (tertiary/aromatic N) is 3. The fourth-order valence-corrected chi connectivity index (χ4v) is 3.10. The molecule has 1 aromatic heterocycles. The summed E-state index contributed by atoms with van der Waals surface area (Å²) >= 11 is 0. The minimum Gasteiger partial charge on any atom is -0.376 e. The lowest BCUT2D eigenvalue weighted by molar-refractivity contribution is -0.259. The second-order valence-electron chi connectivity index (χ2n) is 6.13. The standard InChI is InChI=1S/C15H18F3N3O/c1-14(22,15(16,17)18)11-6-12(9-19-8-11)21-13-5-3-2-4-10(13)7-20-21/h6-10,13,22H,2-5H2,1H3. The second-order valence-corrected chi connectivity index (χ2v) is 6.13. The van der Waals surface area contributed by atoms with Gasteiger partial charge in [-0.05, 0) is 25.8 Å².